The first-order valence-electron chi connectivity index (χ1n) is 11.2. The number of nitrogens with zero attached hydrogens (tertiary/aromatic N) is 3. The van der Waals surface area contributed by atoms with Crippen molar-refractivity contribution in [1.29, 1.82) is 0 Å². The molecule has 9 nitrogen and oxygen atoms in total. The zero-order valence-corrected chi connectivity index (χ0v) is 22.2. The molecule has 12 heteroatoms. The van der Waals surface area contributed by atoms with Gasteiger partial charge in [-0.2, -0.15) is 9.30 Å². The molecule has 1 amide bonds. The molecule has 2 N–H and O–H groups in total. The second kappa shape index (κ2) is 9.91. The normalized spacial score (nSPS) is 19.9. The Morgan fingerprint density at radius 1 is 1.08 bits per heavy atom. The predicted molar refractivity (Wildman–Crippen MR) is 138 cm³/mol. The van der Waals surface area contributed by atoms with Crippen LogP contribution < -0.4 is 9.94 Å². The number of thiazole rings is 1. The van der Waals surface area contributed by atoms with Crippen LogP contribution in [0.25, 0.3) is 10.2 Å². The molecule has 0 spiro atoms. The minimum Gasteiger partial charge on any atom is -0.305 e. The van der Waals surface area contributed by atoms with Gasteiger partial charge in [-0.3, -0.25) is 4.79 Å². The van der Waals surface area contributed by atoms with Gasteiger partial charge < -0.3 is 4.57 Å². The molecule has 190 valence electrons. The molecule has 1 aliphatic rings. The van der Waals surface area contributed by atoms with Gasteiger partial charge in [0.25, 0.3) is 5.91 Å². The minimum atomic E-state index is -3.90. The van der Waals surface area contributed by atoms with Gasteiger partial charge in [0.15, 0.2) is 4.80 Å². The van der Waals surface area contributed by atoms with E-state index in [1.165, 1.54) is 40.7 Å². The van der Waals surface area contributed by atoms with Crippen LogP contribution in [0, 0.1) is 24.2 Å². The number of terminal acetylenes is 1. The van der Waals surface area contributed by atoms with Crippen molar-refractivity contribution < 1.29 is 21.6 Å². The number of hydrogen-bond donors (Lipinski definition) is 1. The average Bonchev–Trinajstić information content (AvgIpc) is 3.14. The summed E-state index contributed by atoms with van der Waals surface area (Å²) < 4.78 is 53.3. The summed E-state index contributed by atoms with van der Waals surface area (Å²) in [6, 6.07) is 10.1. The fraction of sp³-hybridized carbons (Fsp3) is 0.333. The first-order valence-corrected chi connectivity index (χ1v) is 15.0. The Bertz CT molecular complexity index is 1640. The molecular formula is C24H26N4O5S3. The summed E-state index contributed by atoms with van der Waals surface area (Å²) in [6.07, 6.45) is 6.47. The van der Waals surface area contributed by atoms with Crippen molar-refractivity contribution in [3.05, 3.63) is 52.8 Å². The number of aromatic nitrogens is 1. The van der Waals surface area contributed by atoms with Gasteiger partial charge in [-0.15, -0.1) is 6.42 Å². The van der Waals surface area contributed by atoms with E-state index in [1.807, 2.05) is 13.8 Å². The molecule has 0 radical (unpaired) electrons. The number of amides is 1. The summed E-state index contributed by atoms with van der Waals surface area (Å²) in [4.78, 5) is 17.5. The average molecular weight is 547 g/mol. The molecule has 3 aromatic rings. The summed E-state index contributed by atoms with van der Waals surface area (Å²) in [5.41, 5.74) is 0.826. The summed E-state index contributed by atoms with van der Waals surface area (Å²) >= 11 is 1.10. The van der Waals surface area contributed by atoms with Crippen LogP contribution in [0.3, 0.4) is 0 Å². The lowest BCUT2D eigenvalue weighted by Crippen LogP contribution is -2.42. The lowest BCUT2D eigenvalue weighted by molar-refractivity contribution is 0.0997. The molecule has 2 heterocycles. The smallest absolute Gasteiger partial charge is 0.279 e. The molecule has 0 aliphatic carbocycles. The highest BCUT2D eigenvalue weighted by atomic mass is 32.2. The van der Waals surface area contributed by atoms with E-state index in [2.05, 4.69) is 10.9 Å². The third-order valence-electron chi connectivity index (χ3n) is 6.00. The quantitative estimate of drug-likeness (QED) is 0.491. The van der Waals surface area contributed by atoms with E-state index >= 15 is 0 Å². The monoisotopic (exact) mass is 546 g/mol. The van der Waals surface area contributed by atoms with Gasteiger partial charge in [0, 0.05) is 18.7 Å². The van der Waals surface area contributed by atoms with Gasteiger partial charge in [-0.05, 0) is 60.7 Å². The molecule has 1 aromatic heterocycles. The molecule has 2 atom stereocenters. The molecular weight excluding hydrogens is 520 g/mol. The number of carbonyl (C=O) groups excluding carboxylic acids is 1. The molecule has 0 unspecified atom stereocenters. The number of benzene rings is 2. The van der Waals surface area contributed by atoms with Gasteiger partial charge >= 0.3 is 0 Å². The van der Waals surface area contributed by atoms with Crippen molar-refractivity contribution in [2.45, 2.75) is 36.6 Å². The van der Waals surface area contributed by atoms with Crippen LogP contribution in [0.4, 0.5) is 0 Å². The Kier molecular flexibility index (Phi) is 7.23. The highest BCUT2D eigenvalue weighted by Gasteiger charge is 2.31. The lowest BCUT2D eigenvalue weighted by atomic mass is 9.94. The Morgan fingerprint density at radius 3 is 2.28 bits per heavy atom. The topological polar surface area (TPSA) is 132 Å². The fourth-order valence-corrected chi connectivity index (χ4v) is 7.79. The zero-order chi connectivity index (χ0) is 26.3. The first-order chi connectivity index (χ1) is 16.9. The molecule has 1 fully saturated rings. The summed E-state index contributed by atoms with van der Waals surface area (Å²) in [7, 11) is -7.57. The zero-order valence-electron chi connectivity index (χ0n) is 19.8. The number of rotatable bonds is 5. The van der Waals surface area contributed by atoms with E-state index in [4.69, 9.17) is 11.6 Å². The van der Waals surface area contributed by atoms with Crippen molar-refractivity contribution in [3.63, 3.8) is 0 Å². The number of primary sulfonamides is 1. The molecule has 4 rings (SSSR count). The van der Waals surface area contributed by atoms with Crippen molar-refractivity contribution in [1.82, 2.24) is 8.87 Å². The van der Waals surface area contributed by atoms with Crippen molar-refractivity contribution in [2.24, 2.45) is 22.0 Å². The summed E-state index contributed by atoms with van der Waals surface area (Å²) in [5, 5.41) is 5.23. The second-order valence-electron chi connectivity index (χ2n) is 9.06. The van der Waals surface area contributed by atoms with Crippen molar-refractivity contribution in [2.75, 3.05) is 13.1 Å². The second-order valence-corrected chi connectivity index (χ2v) is 13.6. The van der Waals surface area contributed by atoms with Crippen molar-refractivity contribution in [3.8, 4) is 12.3 Å². The predicted octanol–water partition coefficient (Wildman–Crippen LogP) is 2.39. The molecule has 0 bridgehead atoms. The summed E-state index contributed by atoms with van der Waals surface area (Å²) in [5.74, 6) is 2.48. The SMILES string of the molecule is C#CCn1c(=NC(=O)c2ccc(S(=O)(=O)N3C[C@@H](C)C[C@H](C)C3)cc2)sc2cc(S(N)(=O)=O)ccc21. The van der Waals surface area contributed by atoms with Crippen LogP contribution in [0.1, 0.15) is 30.6 Å². The minimum absolute atomic E-state index is 0.0590. The molecule has 1 saturated heterocycles. The molecule has 0 saturated carbocycles. The van der Waals surface area contributed by atoms with Crippen LogP contribution in [0.5, 0.6) is 0 Å². The van der Waals surface area contributed by atoms with E-state index in [1.54, 1.807) is 10.6 Å². The standard InChI is InChI=1S/C24H26N4O5S3/c1-4-11-28-21-10-9-20(35(25,30)31)13-22(21)34-24(28)26-23(29)18-5-7-19(8-6-18)36(32,33)27-14-16(2)12-17(3)15-27/h1,5-10,13,16-17H,11-12,14-15H2,2-3H3,(H2,25,30,31)/t16-,17-/m0/s1. The first kappa shape index (κ1) is 26.2. The molecule has 1 aliphatic heterocycles. The van der Waals surface area contributed by atoms with E-state index < -0.39 is 26.0 Å². The Labute approximate surface area is 214 Å². The van der Waals surface area contributed by atoms with Crippen LogP contribution >= 0.6 is 11.3 Å². The Balaban J connectivity index is 1.67. The van der Waals surface area contributed by atoms with E-state index in [9.17, 15) is 21.6 Å². The van der Waals surface area contributed by atoms with Gasteiger partial charge in [0.05, 0.1) is 26.6 Å². The fourth-order valence-electron chi connectivity index (χ4n) is 4.43. The largest absolute Gasteiger partial charge is 0.305 e. The number of hydrogen-bond acceptors (Lipinski definition) is 6. The number of fused-ring (bicyclic) bond motifs is 1. The van der Waals surface area contributed by atoms with Crippen molar-refractivity contribution >= 4 is 47.5 Å². The van der Waals surface area contributed by atoms with Gasteiger partial charge in [0.2, 0.25) is 20.0 Å². The Hall–Kier alpha value is -2.82. The highest BCUT2D eigenvalue weighted by molar-refractivity contribution is 7.89. The number of carbonyl (C=O) groups is 1. The van der Waals surface area contributed by atoms with Gasteiger partial charge in [-0.25, -0.2) is 22.0 Å². The maximum Gasteiger partial charge on any atom is 0.279 e. The van der Waals surface area contributed by atoms with Crippen LogP contribution in [-0.2, 0) is 26.6 Å². The van der Waals surface area contributed by atoms with Gasteiger partial charge in [-0.1, -0.05) is 31.1 Å². The maximum absolute atomic E-state index is 13.1. The van der Waals surface area contributed by atoms with Gasteiger partial charge in [0.1, 0.15) is 0 Å². The third-order valence-corrected chi connectivity index (χ3v) is 9.80. The maximum atomic E-state index is 13.1. The Morgan fingerprint density at radius 2 is 1.69 bits per heavy atom. The number of nitrogens with two attached hydrogens (primary N) is 1. The van der Waals surface area contributed by atoms with E-state index in [0.29, 0.717) is 23.3 Å². The molecule has 36 heavy (non-hydrogen) atoms. The number of piperidine rings is 1. The van der Waals surface area contributed by atoms with E-state index in [0.717, 1.165) is 17.8 Å². The highest BCUT2D eigenvalue weighted by Crippen LogP contribution is 2.27. The van der Waals surface area contributed by atoms with Crippen LogP contribution in [-0.4, -0.2) is 44.7 Å². The van der Waals surface area contributed by atoms with E-state index in [-0.39, 0.29) is 38.5 Å². The lowest BCUT2D eigenvalue weighted by Gasteiger charge is -2.34. The van der Waals surface area contributed by atoms with Crippen LogP contribution in [0.15, 0.2) is 57.2 Å². The summed E-state index contributed by atoms with van der Waals surface area (Å²) in [6.45, 7) is 5.13. The third kappa shape index (κ3) is 5.30. The molecule has 2 aromatic carbocycles. The number of sulfonamides is 2. The van der Waals surface area contributed by atoms with Crippen LogP contribution in [0.2, 0.25) is 0 Å².